The van der Waals surface area contributed by atoms with Gasteiger partial charge >= 0.3 is 0 Å². The van der Waals surface area contributed by atoms with Gasteiger partial charge in [0.05, 0.1) is 27.5 Å². The van der Waals surface area contributed by atoms with Crippen molar-refractivity contribution in [1.29, 1.82) is 0 Å². The van der Waals surface area contributed by atoms with Crippen molar-refractivity contribution in [3.8, 4) is 11.3 Å². The SMILES string of the molecule is CCC.O=C(Nc1cccc(-c2nccc3ncccc23)c1)c1ccc(N2CCCS2=O)cc1Cl. The van der Waals surface area contributed by atoms with E-state index in [1.165, 1.54) is 6.42 Å². The van der Waals surface area contributed by atoms with E-state index in [0.29, 0.717) is 22.0 Å². The summed E-state index contributed by atoms with van der Waals surface area (Å²) < 4.78 is 13.9. The second-order valence-corrected chi connectivity index (χ2v) is 10.0. The normalized spacial score (nSPS) is 14.9. The lowest BCUT2D eigenvalue weighted by Gasteiger charge is -2.17. The van der Waals surface area contributed by atoms with Crippen molar-refractivity contribution in [1.82, 2.24) is 9.97 Å². The second kappa shape index (κ2) is 11.4. The Bertz CT molecular complexity index is 1370. The molecule has 1 unspecified atom stereocenters. The molecule has 0 spiro atoms. The molecular formula is C27H27ClN4O2S. The number of benzene rings is 2. The summed E-state index contributed by atoms with van der Waals surface area (Å²) in [7, 11) is -1.04. The largest absolute Gasteiger partial charge is 0.322 e. The van der Waals surface area contributed by atoms with E-state index in [-0.39, 0.29) is 5.91 Å². The molecule has 0 aliphatic carbocycles. The molecule has 6 nitrogen and oxygen atoms in total. The third-order valence-corrected chi connectivity index (χ3v) is 7.17. The zero-order valence-electron chi connectivity index (χ0n) is 19.7. The molecule has 2 aromatic heterocycles. The number of amides is 1. The van der Waals surface area contributed by atoms with Crippen molar-refractivity contribution in [2.24, 2.45) is 0 Å². The smallest absolute Gasteiger partial charge is 0.257 e. The summed E-state index contributed by atoms with van der Waals surface area (Å²) in [5, 5.41) is 4.18. The van der Waals surface area contributed by atoms with E-state index < -0.39 is 11.0 Å². The van der Waals surface area contributed by atoms with Gasteiger partial charge in [0.15, 0.2) is 0 Å². The average molecular weight is 507 g/mol. The summed E-state index contributed by atoms with van der Waals surface area (Å²) in [6.07, 6.45) is 5.61. The lowest BCUT2D eigenvalue weighted by Crippen LogP contribution is -2.20. The summed E-state index contributed by atoms with van der Waals surface area (Å²) in [6, 6.07) is 18.4. The van der Waals surface area contributed by atoms with Crippen molar-refractivity contribution in [2.75, 3.05) is 21.9 Å². The van der Waals surface area contributed by atoms with Gasteiger partial charge in [0.2, 0.25) is 0 Å². The van der Waals surface area contributed by atoms with Gasteiger partial charge < -0.3 is 5.32 Å². The maximum absolute atomic E-state index is 12.9. The molecule has 1 aliphatic rings. The number of aromatic nitrogens is 2. The fraction of sp³-hybridized carbons (Fsp3) is 0.222. The van der Waals surface area contributed by atoms with Crippen LogP contribution in [0.4, 0.5) is 11.4 Å². The number of fused-ring (bicyclic) bond motifs is 1. The van der Waals surface area contributed by atoms with Gasteiger partial charge in [-0.1, -0.05) is 44.0 Å². The van der Waals surface area contributed by atoms with Crippen molar-refractivity contribution in [3.05, 3.63) is 83.6 Å². The quantitative estimate of drug-likeness (QED) is 0.343. The lowest BCUT2D eigenvalue weighted by molar-refractivity contribution is 0.102. The van der Waals surface area contributed by atoms with Crippen molar-refractivity contribution in [2.45, 2.75) is 26.7 Å². The minimum atomic E-state index is -1.04. The molecule has 3 heterocycles. The molecule has 1 fully saturated rings. The second-order valence-electron chi connectivity index (χ2n) is 8.12. The van der Waals surface area contributed by atoms with Crippen LogP contribution in [-0.4, -0.2) is 32.4 Å². The monoisotopic (exact) mass is 506 g/mol. The number of carbonyl (C=O) groups is 1. The molecule has 1 saturated heterocycles. The highest BCUT2D eigenvalue weighted by Crippen LogP contribution is 2.29. The van der Waals surface area contributed by atoms with Crippen LogP contribution in [0.15, 0.2) is 73.1 Å². The zero-order valence-corrected chi connectivity index (χ0v) is 21.3. The number of rotatable bonds is 4. The van der Waals surface area contributed by atoms with Crippen LogP contribution in [0.5, 0.6) is 0 Å². The molecule has 1 atom stereocenters. The molecule has 1 amide bonds. The summed E-state index contributed by atoms with van der Waals surface area (Å²) in [5.74, 6) is 0.339. The average Bonchev–Trinajstić information content (AvgIpc) is 3.30. The van der Waals surface area contributed by atoms with E-state index in [1.54, 1.807) is 30.6 Å². The molecule has 2 aromatic carbocycles. The number of pyridine rings is 2. The van der Waals surface area contributed by atoms with Gasteiger partial charge in [0.1, 0.15) is 11.0 Å². The number of hydrogen-bond acceptors (Lipinski definition) is 4. The minimum absolute atomic E-state index is 0.311. The number of hydrogen-bond donors (Lipinski definition) is 1. The Balaban J connectivity index is 0.000000917. The maximum Gasteiger partial charge on any atom is 0.257 e. The third-order valence-electron chi connectivity index (χ3n) is 5.33. The van der Waals surface area contributed by atoms with Crippen LogP contribution in [0.2, 0.25) is 5.02 Å². The van der Waals surface area contributed by atoms with E-state index in [1.807, 2.05) is 46.8 Å². The van der Waals surface area contributed by atoms with Crippen LogP contribution in [-0.2, 0) is 11.0 Å². The third kappa shape index (κ3) is 5.69. The zero-order chi connectivity index (χ0) is 24.8. The highest BCUT2D eigenvalue weighted by atomic mass is 35.5. The van der Waals surface area contributed by atoms with Crippen LogP contribution in [0.3, 0.4) is 0 Å². The van der Waals surface area contributed by atoms with E-state index >= 15 is 0 Å². The van der Waals surface area contributed by atoms with Crippen LogP contribution in [0, 0.1) is 0 Å². The number of nitrogens with one attached hydrogen (secondary N) is 1. The predicted octanol–water partition coefficient (Wildman–Crippen LogP) is 6.49. The summed E-state index contributed by atoms with van der Waals surface area (Å²) in [5.41, 5.74) is 4.29. The van der Waals surface area contributed by atoms with Gasteiger partial charge in [-0.15, -0.1) is 0 Å². The Kier molecular flexibility index (Phi) is 8.10. The lowest BCUT2D eigenvalue weighted by atomic mass is 10.1. The highest BCUT2D eigenvalue weighted by Gasteiger charge is 2.22. The molecular weight excluding hydrogens is 480 g/mol. The first kappa shape index (κ1) is 24.8. The van der Waals surface area contributed by atoms with Crippen molar-refractivity contribution >= 4 is 50.8 Å². The Morgan fingerprint density at radius 1 is 1.06 bits per heavy atom. The Morgan fingerprint density at radius 3 is 2.63 bits per heavy atom. The molecule has 1 aliphatic heterocycles. The molecule has 4 aromatic rings. The summed E-state index contributed by atoms with van der Waals surface area (Å²) in [4.78, 5) is 21.8. The first-order valence-electron chi connectivity index (χ1n) is 11.6. The molecule has 0 radical (unpaired) electrons. The fourth-order valence-corrected chi connectivity index (χ4v) is 5.35. The van der Waals surface area contributed by atoms with E-state index in [4.69, 9.17) is 11.6 Å². The Labute approximate surface area is 213 Å². The van der Waals surface area contributed by atoms with E-state index in [0.717, 1.165) is 40.8 Å². The van der Waals surface area contributed by atoms with Gasteiger partial charge in [-0.25, -0.2) is 4.21 Å². The molecule has 8 heteroatoms. The Hall–Kier alpha value is -3.29. The maximum atomic E-state index is 12.9. The molecule has 0 saturated carbocycles. The van der Waals surface area contributed by atoms with E-state index in [9.17, 15) is 9.00 Å². The number of carbonyl (C=O) groups excluding carboxylic acids is 1. The standard InChI is InChI=1S/C24H19ClN4O2S.C3H8/c25-21-15-18(29-12-3-13-32(29)31)7-8-19(21)24(30)28-17-5-1-4-16(14-17)23-20-6-2-10-26-22(20)9-11-27-23;1-3-2/h1-2,4-11,14-15H,3,12-13H2,(H,28,30);3H2,1-2H3. The topological polar surface area (TPSA) is 75.2 Å². The van der Waals surface area contributed by atoms with Gasteiger partial charge in [-0.3, -0.25) is 19.1 Å². The predicted molar refractivity (Wildman–Crippen MR) is 145 cm³/mol. The van der Waals surface area contributed by atoms with Crippen molar-refractivity contribution in [3.63, 3.8) is 0 Å². The summed E-state index contributed by atoms with van der Waals surface area (Å²) >= 11 is 6.41. The number of anilines is 2. The van der Waals surface area contributed by atoms with Gasteiger partial charge in [0, 0.05) is 41.3 Å². The van der Waals surface area contributed by atoms with Crippen LogP contribution in [0.1, 0.15) is 37.0 Å². The fourth-order valence-electron chi connectivity index (χ4n) is 3.81. The number of nitrogens with zero attached hydrogens (tertiary/aromatic N) is 3. The highest BCUT2D eigenvalue weighted by molar-refractivity contribution is 7.86. The molecule has 180 valence electrons. The first-order valence-corrected chi connectivity index (χ1v) is 13.2. The minimum Gasteiger partial charge on any atom is -0.322 e. The molecule has 5 rings (SSSR count). The van der Waals surface area contributed by atoms with Crippen molar-refractivity contribution < 1.29 is 9.00 Å². The van der Waals surface area contributed by atoms with Crippen LogP contribution < -0.4 is 9.62 Å². The van der Waals surface area contributed by atoms with Gasteiger partial charge in [-0.05, 0) is 55.0 Å². The van der Waals surface area contributed by atoms with Crippen LogP contribution >= 0.6 is 11.6 Å². The molecule has 35 heavy (non-hydrogen) atoms. The first-order chi connectivity index (χ1) is 17.0. The van der Waals surface area contributed by atoms with E-state index in [2.05, 4.69) is 29.1 Å². The van der Waals surface area contributed by atoms with Gasteiger partial charge in [0.25, 0.3) is 5.91 Å². The summed E-state index contributed by atoms with van der Waals surface area (Å²) in [6.45, 7) is 4.97. The number of halogens is 1. The molecule has 1 N–H and O–H groups in total. The molecule has 0 bridgehead atoms. The Morgan fingerprint density at radius 2 is 1.89 bits per heavy atom. The van der Waals surface area contributed by atoms with Gasteiger partial charge in [-0.2, -0.15) is 0 Å². The van der Waals surface area contributed by atoms with Crippen LogP contribution in [0.25, 0.3) is 22.2 Å².